The van der Waals surface area contributed by atoms with Gasteiger partial charge in [0, 0.05) is 0 Å². The lowest BCUT2D eigenvalue weighted by Crippen LogP contribution is -2.12. The van der Waals surface area contributed by atoms with Gasteiger partial charge in [-0.2, -0.15) is 5.10 Å². The number of rotatable bonds is 1. The van der Waals surface area contributed by atoms with Crippen LogP contribution in [0.25, 0.3) is 0 Å². The number of nitrogens with zero attached hydrogens (tertiary/aromatic N) is 2. The Labute approximate surface area is 46.4 Å². The first kappa shape index (κ1) is 4.76. The summed E-state index contributed by atoms with van der Waals surface area (Å²) in [5.41, 5.74) is 4.79. The standard InChI is InChI=1S/C3H4N4O/c4-2(8)3-5-1-6-7-3/h1H,(H2,4,8)(H,5,6,7)/p+1. The summed E-state index contributed by atoms with van der Waals surface area (Å²) in [7, 11) is 0. The van der Waals surface area contributed by atoms with Crippen LogP contribution in [0.2, 0.25) is 0 Å². The highest BCUT2D eigenvalue weighted by molar-refractivity contribution is 5.88. The molecule has 0 aromatic carbocycles. The molecule has 0 saturated carbocycles. The van der Waals surface area contributed by atoms with Gasteiger partial charge < -0.3 is 5.73 Å². The van der Waals surface area contributed by atoms with Crippen LogP contribution >= 0.6 is 0 Å². The first-order valence-electron chi connectivity index (χ1n) is 1.96. The van der Waals surface area contributed by atoms with Crippen molar-refractivity contribution in [3.8, 4) is 0 Å². The van der Waals surface area contributed by atoms with Crippen LogP contribution in [0.5, 0.6) is 0 Å². The molecular weight excluding hydrogens is 108 g/mol. The largest absolute Gasteiger partial charge is 1.00 e. The van der Waals surface area contributed by atoms with Gasteiger partial charge in [-0.25, -0.2) is 4.98 Å². The predicted octanol–water partition coefficient (Wildman–Crippen LogP) is -0.984. The van der Waals surface area contributed by atoms with Crippen molar-refractivity contribution in [3.05, 3.63) is 12.2 Å². The average molecular weight is 113 g/mol. The minimum Gasteiger partial charge on any atom is -0.363 e. The number of aromatic nitrogens is 3. The third-order valence-electron chi connectivity index (χ3n) is 0.648. The number of nitrogens with two attached hydrogens (primary N) is 1. The van der Waals surface area contributed by atoms with Gasteiger partial charge in [0.2, 0.25) is 5.82 Å². The van der Waals surface area contributed by atoms with Gasteiger partial charge in [0.1, 0.15) is 6.33 Å². The maximum Gasteiger partial charge on any atom is 1.00 e. The van der Waals surface area contributed by atoms with Gasteiger partial charge in [-0.15, -0.1) is 0 Å². The van der Waals surface area contributed by atoms with Gasteiger partial charge in [0.15, 0.2) is 0 Å². The minimum absolute atomic E-state index is 0. The van der Waals surface area contributed by atoms with Crippen molar-refractivity contribution in [3.63, 3.8) is 0 Å². The van der Waals surface area contributed by atoms with E-state index < -0.39 is 5.91 Å². The maximum absolute atomic E-state index is 10.2. The van der Waals surface area contributed by atoms with Crippen molar-refractivity contribution in [2.45, 2.75) is 0 Å². The van der Waals surface area contributed by atoms with Gasteiger partial charge in [0.25, 0.3) is 5.91 Å². The van der Waals surface area contributed by atoms with E-state index in [9.17, 15) is 4.79 Å². The Morgan fingerprint density at radius 3 is 3.00 bits per heavy atom. The molecule has 0 radical (unpaired) electrons. The third kappa shape index (κ3) is 0.651. The van der Waals surface area contributed by atoms with Crippen LogP contribution in [0.15, 0.2) is 6.33 Å². The molecule has 0 aliphatic rings. The molecule has 0 bridgehead atoms. The summed E-state index contributed by atoms with van der Waals surface area (Å²) >= 11 is 0. The predicted molar refractivity (Wildman–Crippen MR) is 26.0 cm³/mol. The molecule has 8 heavy (non-hydrogen) atoms. The Kier molecular flexibility index (Phi) is 0.957. The van der Waals surface area contributed by atoms with Crippen LogP contribution < -0.4 is 5.73 Å². The summed E-state index contributed by atoms with van der Waals surface area (Å²) in [4.78, 5) is 13.6. The molecule has 1 heterocycles. The number of hydrogen-bond donors (Lipinski definition) is 2. The molecule has 0 aliphatic heterocycles. The fourth-order valence-electron chi connectivity index (χ4n) is 0.324. The molecule has 0 saturated heterocycles. The number of H-pyrrole nitrogens is 1. The lowest BCUT2D eigenvalue weighted by Gasteiger charge is -1.78. The van der Waals surface area contributed by atoms with Crippen molar-refractivity contribution >= 4 is 5.91 Å². The molecule has 0 spiro atoms. The van der Waals surface area contributed by atoms with Crippen LogP contribution in [0.3, 0.4) is 0 Å². The summed E-state index contributed by atoms with van der Waals surface area (Å²) in [5.74, 6) is -0.507. The SMILES string of the molecule is NC(=O)c1ncn[nH]1.[H+]. The van der Waals surface area contributed by atoms with E-state index in [0.717, 1.165) is 0 Å². The van der Waals surface area contributed by atoms with Crippen LogP contribution in [0, 0.1) is 0 Å². The number of primary amides is 1. The van der Waals surface area contributed by atoms with Crippen LogP contribution in [0.1, 0.15) is 12.0 Å². The van der Waals surface area contributed by atoms with E-state index in [2.05, 4.69) is 15.2 Å². The van der Waals surface area contributed by atoms with E-state index in [1.165, 1.54) is 6.33 Å². The second kappa shape index (κ2) is 1.61. The quantitative estimate of drug-likeness (QED) is 0.490. The summed E-state index contributed by atoms with van der Waals surface area (Å²) < 4.78 is 0. The van der Waals surface area contributed by atoms with Crippen molar-refractivity contribution in [2.24, 2.45) is 5.73 Å². The first-order chi connectivity index (χ1) is 3.80. The van der Waals surface area contributed by atoms with Crippen molar-refractivity contribution < 1.29 is 6.22 Å². The number of carbonyl (C=O) groups excluding carboxylic acids is 1. The molecule has 5 heteroatoms. The van der Waals surface area contributed by atoms with Crippen LogP contribution in [-0.2, 0) is 0 Å². The van der Waals surface area contributed by atoms with Gasteiger partial charge in [-0.1, -0.05) is 0 Å². The van der Waals surface area contributed by atoms with Gasteiger partial charge in [-0.3, -0.25) is 9.89 Å². The van der Waals surface area contributed by atoms with Gasteiger partial charge in [0.05, 0.1) is 0 Å². The van der Waals surface area contributed by atoms with E-state index in [1.807, 2.05) is 0 Å². The summed E-state index contributed by atoms with van der Waals surface area (Å²) in [5, 5.41) is 5.71. The zero-order valence-electron chi connectivity index (χ0n) is 4.96. The molecule has 0 atom stereocenters. The first-order valence-corrected chi connectivity index (χ1v) is 1.96. The van der Waals surface area contributed by atoms with E-state index in [4.69, 9.17) is 5.73 Å². The normalized spacial score (nSPS) is 9.00. The lowest BCUT2D eigenvalue weighted by atomic mass is 10.6. The Balaban J connectivity index is 0.000000640. The fourth-order valence-corrected chi connectivity index (χ4v) is 0.324. The van der Waals surface area contributed by atoms with Gasteiger partial charge >= 0.3 is 1.43 Å². The molecule has 1 aromatic heterocycles. The average Bonchev–Trinajstić information content (AvgIpc) is 2.12. The number of aromatic amines is 1. The summed E-state index contributed by atoms with van der Waals surface area (Å²) in [6.07, 6.45) is 1.22. The molecule has 1 amide bonds. The molecule has 5 nitrogen and oxygen atoms in total. The number of carbonyl (C=O) groups is 1. The summed E-state index contributed by atoms with van der Waals surface area (Å²) in [6.45, 7) is 0. The van der Waals surface area contributed by atoms with E-state index in [0.29, 0.717) is 0 Å². The van der Waals surface area contributed by atoms with Crippen molar-refractivity contribution in [2.75, 3.05) is 0 Å². The molecule has 1 aromatic rings. The van der Waals surface area contributed by atoms with E-state index >= 15 is 0 Å². The molecule has 42 valence electrons. The molecule has 0 unspecified atom stereocenters. The Hall–Kier alpha value is -1.39. The maximum atomic E-state index is 10.2. The smallest absolute Gasteiger partial charge is 0.363 e. The molecule has 0 fully saturated rings. The minimum atomic E-state index is -0.595. The zero-order chi connectivity index (χ0) is 5.98. The molecule has 1 rings (SSSR count). The highest BCUT2D eigenvalue weighted by atomic mass is 16.1. The Bertz CT molecular complexity index is 184. The van der Waals surface area contributed by atoms with E-state index in [1.54, 1.807) is 0 Å². The number of nitrogens with one attached hydrogen (secondary N) is 1. The van der Waals surface area contributed by atoms with E-state index in [-0.39, 0.29) is 7.25 Å². The molecule has 3 N–H and O–H groups in total. The Morgan fingerprint density at radius 1 is 2.00 bits per heavy atom. The highest BCUT2D eigenvalue weighted by Gasteiger charge is 1.98. The third-order valence-corrected chi connectivity index (χ3v) is 0.648. The molecule has 0 aliphatic carbocycles. The highest BCUT2D eigenvalue weighted by Crippen LogP contribution is 1.78. The van der Waals surface area contributed by atoms with Crippen LogP contribution in [-0.4, -0.2) is 21.1 Å². The monoisotopic (exact) mass is 113 g/mol. The fraction of sp³-hybridized carbons (Fsp3) is 0. The summed E-state index contributed by atoms with van der Waals surface area (Å²) in [6, 6.07) is 0. The van der Waals surface area contributed by atoms with Crippen molar-refractivity contribution in [1.29, 1.82) is 0 Å². The second-order valence-corrected chi connectivity index (χ2v) is 1.20. The van der Waals surface area contributed by atoms with Crippen LogP contribution in [0.4, 0.5) is 0 Å². The molecular formula is C3H5N4O+. The number of hydrogen-bond acceptors (Lipinski definition) is 3. The topological polar surface area (TPSA) is 84.7 Å². The number of amides is 1. The second-order valence-electron chi connectivity index (χ2n) is 1.20. The Morgan fingerprint density at radius 2 is 2.75 bits per heavy atom. The zero-order valence-corrected chi connectivity index (χ0v) is 3.96. The van der Waals surface area contributed by atoms with Crippen molar-refractivity contribution in [1.82, 2.24) is 15.2 Å². The van der Waals surface area contributed by atoms with Gasteiger partial charge in [-0.05, 0) is 0 Å². The lowest BCUT2D eigenvalue weighted by molar-refractivity contribution is 0.0991.